The van der Waals surface area contributed by atoms with Crippen LogP contribution < -0.4 is 0 Å². The Balaban J connectivity index is 2.40. The third-order valence-electron chi connectivity index (χ3n) is 2.76. The lowest BCUT2D eigenvalue weighted by atomic mass is 10.1. The Hall–Kier alpha value is -1.81. The highest BCUT2D eigenvalue weighted by Gasteiger charge is 2.04. The molecule has 0 aliphatic carbocycles. The maximum absolute atomic E-state index is 9.94. The van der Waals surface area contributed by atoms with E-state index in [0.29, 0.717) is 11.3 Å². The van der Waals surface area contributed by atoms with Crippen LogP contribution in [-0.4, -0.2) is 16.4 Å². The van der Waals surface area contributed by atoms with E-state index in [4.69, 9.17) is 0 Å². The fraction of sp³-hybridized carbons (Fsp3) is 0.133. The SMILES string of the molecule is Cc1cc(C)c(O)c(N=Cc2cc(Br)ccc2O)c1. The van der Waals surface area contributed by atoms with Crippen LogP contribution in [0.25, 0.3) is 0 Å². The summed E-state index contributed by atoms with van der Waals surface area (Å²) in [7, 11) is 0. The molecule has 0 saturated carbocycles. The zero-order chi connectivity index (χ0) is 14.0. The number of aliphatic imine (C=N–C) groups is 1. The smallest absolute Gasteiger partial charge is 0.144 e. The molecule has 0 atom stereocenters. The van der Waals surface area contributed by atoms with Crippen molar-refractivity contribution >= 4 is 27.8 Å². The van der Waals surface area contributed by atoms with E-state index >= 15 is 0 Å². The van der Waals surface area contributed by atoms with E-state index in [1.807, 2.05) is 19.9 Å². The molecule has 2 rings (SSSR count). The average Bonchev–Trinajstić information content (AvgIpc) is 2.35. The van der Waals surface area contributed by atoms with E-state index in [1.54, 1.807) is 24.3 Å². The van der Waals surface area contributed by atoms with Gasteiger partial charge in [-0.05, 0) is 49.2 Å². The Morgan fingerprint density at radius 1 is 1.11 bits per heavy atom. The average molecular weight is 320 g/mol. The van der Waals surface area contributed by atoms with Crippen LogP contribution in [0.2, 0.25) is 0 Å². The van der Waals surface area contributed by atoms with Crippen molar-refractivity contribution < 1.29 is 10.2 Å². The van der Waals surface area contributed by atoms with Crippen molar-refractivity contribution in [1.29, 1.82) is 0 Å². The number of aromatic hydroxyl groups is 2. The Labute approximate surface area is 120 Å². The zero-order valence-electron chi connectivity index (χ0n) is 10.7. The zero-order valence-corrected chi connectivity index (χ0v) is 12.3. The van der Waals surface area contributed by atoms with Gasteiger partial charge < -0.3 is 10.2 Å². The molecule has 2 aromatic carbocycles. The molecule has 0 spiro atoms. The van der Waals surface area contributed by atoms with Crippen LogP contribution in [0.5, 0.6) is 11.5 Å². The summed E-state index contributed by atoms with van der Waals surface area (Å²) in [5.41, 5.74) is 2.90. The third kappa shape index (κ3) is 3.15. The minimum absolute atomic E-state index is 0.149. The van der Waals surface area contributed by atoms with Gasteiger partial charge >= 0.3 is 0 Å². The maximum atomic E-state index is 9.94. The third-order valence-corrected chi connectivity index (χ3v) is 3.25. The summed E-state index contributed by atoms with van der Waals surface area (Å²) in [6.07, 6.45) is 1.54. The number of aryl methyl sites for hydroxylation is 2. The van der Waals surface area contributed by atoms with Gasteiger partial charge in [0.15, 0.2) is 0 Å². The fourth-order valence-electron chi connectivity index (χ4n) is 1.80. The lowest BCUT2D eigenvalue weighted by molar-refractivity contribution is 0.472. The molecular weight excluding hydrogens is 306 g/mol. The highest BCUT2D eigenvalue weighted by Crippen LogP contribution is 2.31. The Morgan fingerprint density at radius 2 is 1.84 bits per heavy atom. The molecule has 4 heteroatoms. The summed E-state index contributed by atoms with van der Waals surface area (Å²) in [5, 5.41) is 19.7. The van der Waals surface area contributed by atoms with E-state index in [2.05, 4.69) is 20.9 Å². The predicted octanol–water partition coefficient (Wildman–Crippen LogP) is 4.23. The van der Waals surface area contributed by atoms with Crippen molar-refractivity contribution in [3.05, 3.63) is 51.5 Å². The normalized spacial score (nSPS) is 11.1. The second kappa shape index (κ2) is 5.45. The number of rotatable bonds is 2. The molecule has 0 heterocycles. The molecule has 2 N–H and O–H groups in total. The first-order valence-electron chi connectivity index (χ1n) is 5.80. The van der Waals surface area contributed by atoms with Crippen molar-refractivity contribution in [2.24, 2.45) is 4.99 Å². The second-order valence-corrected chi connectivity index (χ2v) is 5.33. The lowest BCUT2D eigenvalue weighted by Crippen LogP contribution is -1.84. The molecule has 2 aromatic rings. The van der Waals surface area contributed by atoms with Gasteiger partial charge in [-0.15, -0.1) is 0 Å². The first kappa shape index (κ1) is 13.6. The monoisotopic (exact) mass is 319 g/mol. The Bertz CT molecular complexity index is 651. The van der Waals surface area contributed by atoms with E-state index in [9.17, 15) is 10.2 Å². The number of hydrogen-bond donors (Lipinski definition) is 2. The summed E-state index contributed by atoms with van der Waals surface area (Å²) in [6, 6.07) is 8.80. The minimum atomic E-state index is 0.149. The molecule has 0 aliphatic heterocycles. The summed E-state index contributed by atoms with van der Waals surface area (Å²) < 4.78 is 0.858. The topological polar surface area (TPSA) is 52.8 Å². The molecule has 0 aliphatic rings. The largest absolute Gasteiger partial charge is 0.507 e. The summed E-state index contributed by atoms with van der Waals surface area (Å²) in [5.74, 6) is 0.312. The van der Waals surface area contributed by atoms with Crippen molar-refractivity contribution in [2.75, 3.05) is 0 Å². The van der Waals surface area contributed by atoms with Gasteiger partial charge in [0.2, 0.25) is 0 Å². The molecule has 0 radical (unpaired) electrons. The molecule has 0 aromatic heterocycles. The molecule has 98 valence electrons. The fourth-order valence-corrected chi connectivity index (χ4v) is 2.18. The van der Waals surface area contributed by atoms with E-state index in [1.165, 1.54) is 6.21 Å². The van der Waals surface area contributed by atoms with Crippen LogP contribution in [-0.2, 0) is 0 Å². The van der Waals surface area contributed by atoms with Crippen LogP contribution in [0, 0.1) is 13.8 Å². The summed E-state index contributed by atoms with van der Waals surface area (Å²) in [6.45, 7) is 3.78. The van der Waals surface area contributed by atoms with Crippen LogP contribution in [0.1, 0.15) is 16.7 Å². The Morgan fingerprint density at radius 3 is 2.58 bits per heavy atom. The first-order valence-corrected chi connectivity index (χ1v) is 6.59. The molecule has 0 amide bonds. The van der Waals surface area contributed by atoms with Gasteiger partial charge in [-0.3, -0.25) is 4.99 Å². The van der Waals surface area contributed by atoms with Crippen molar-refractivity contribution in [1.82, 2.24) is 0 Å². The van der Waals surface area contributed by atoms with E-state index < -0.39 is 0 Å². The van der Waals surface area contributed by atoms with Crippen LogP contribution >= 0.6 is 15.9 Å². The quantitative estimate of drug-likeness (QED) is 0.814. The van der Waals surface area contributed by atoms with Gasteiger partial charge in [-0.1, -0.05) is 22.0 Å². The Kier molecular flexibility index (Phi) is 3.90. The van der Waals surface area contributed by atoms with Crippen molar-refractivity contribution in [3.8, 4) is 11.5 Å². The molecule has 0 unspecified atom stereocenters. The number of phenolic OH excluding ortho intramolecular Hbond substituents is 2. The van der Waals surface area contributed by atoms with Gasteiger partial charge in [-0.25, -0.2) is 0 Å². The molecule has 0 fully saturated rings. The van der Waals surface area contributed by atoms with Crippen LogP contribution in [0.3, 0.4) is 0 Å². The minimum Gasteiger partial charge on any atom is -0.507 e. The summed E-state index contributed by atoms with van der Waals surface area (Å²) >= 11 is 3.34. The molecule has 3 nitrogen and oxygen atoms in total. The van der Waals surface area contributed by atoms with Gasteiger partial charge in [0.1, 0.15) is 17.2 Å². The molecular formula is C15H14BrNO2. The number of nitrogens with zero attached hydrogens (tertiary/aromatic N) is 1. The number of phenols is 2. The lowest BCUT2D eigenvalue weighted by Gasteiger charge is -2.05. The van der Waals surface area contributed by atoms with E-state index in [0.717, 1.165) is 15.6 Å². The van der Waals surface area contributed by atoms with Gasteiger partial charge in [-0.2, -0.15) is 0 Å². The van der Waals surface area contributed by atoms with Crippen molar-refractivity contribution in [3.63, 3.8) is 0 Å². The maximum Gasteiger partial charge on any atom is 0.144 e. The second-order valence-electron chi connectivity index (χ2n) is 4.41. The number of halogens is 1. The van der Waals surface area contributed by atoms with Gasteiger partial charge in [0.25, 0.3) is 0 Å². The molecule has 0 bridgehead atoms. The molecule has 19 heavy (non-hydrogen) atoms. The highest BCUT2D eigenvalue weighted by atomic mass is 79.9. The molecule has 0 saturated heterocycles. The highest BCUT2D eigenvalue weighted by molar-refractivity contribution is 9.10. The van der Waals surface area contributed by atoms with Crippen LogP contribution in [0.4, 0.5) is 5.69 Å². The van der Waals surface area contributed by atoms with Crippen molar-refractivity contribution in [2.45, 2.75) is 13.8 Å². The van der Waals surface area contributed by atoms with Crippen LogP contribution in [0.15, 0.2) is 39.8 Å². The first-order chi connectivity index (χ1) is 8.97. The summed E-state index contributed by atoms with van der Waals surface area (Å²) in [4.78, 5) is 4.24. The predicted molar refractivity (Wildman–Crippen MR) is 80.6 cm³/mol. The van der Waals surface area contributed by atoms with E-state index in [-0.39, 0.29) is 11.5 Å². The number of hydrogen-bond acceptors (Lipinski definition) is 3. The van der Waals surface area contributed by atoms with Gasteiger partial charge in [0.05, 0.1) is 0 Å². The number of benzene rings is 2. The van der Waals surface area contributed by atoms with Gasteiger partial charge in [0, 0.05) is 16.3 Å². The standard InChI is InChI=1S/C15H14BrNO2/c1-9-5-10(2)15(19)13(6-9)17-8-11-7-12(16)3-4-14(11)18/h3-8,18-19H,1-2H3.